The van der Waals surface area contributed by atoms with Crippen LogP contribution in [0, 0.1) is 0 Å². The Labute approximate surface area is 193 Å². The van der Waals surface area contributed by atoms with Gasteiger partial charge in [0.05, 0.1) is 16.6 Å². The van der Waals surface area contributed by atoms with Gasteiger partial charge in [0.15, 0.2) is 0 Å². The van der Waals surface area contributed by atoms with Crippen molar-refractivity contribution >= 4 is 39.0 Å². The highest BCUT2D eigenvalue weighted by atomic mass is 35.5. The van der Waals surface area contributed by atoms with E-state index in [9.17, 15) is 8.42 Å². The van der Waals surface area contributed by atoms with Gasteiger partial charge in [0, 0.05) is 49.6 Å². The Morgan fingerprint density at radius 3 is 2.41 bits per heavy atom. The Morgan fingerprint density at radius 2 is 1.69 bits per heavy atom. The van der Waals surface area contributed by atoms with Gasteiger partial charge < -0.3 is 15.0 Å². The lowest BCUT2D eigenvalue weighted by Crippen LogP contribution is -2.43. The standard InChI is InChI=1S/C23H22N4O3S.ClH/c28-31(29,20-8-6-18(7-9-20)30-19-3-2-11-25-17-19)27-14-10-21-22(4-1-5-23(21)27)26-15-12-24-13-16-26;/h1-11,14,17,24H,12-13,15-16H2;1H. The van der Waals surface area contributed by atoms with Crippen LogP contribution in [0.4, 0.5) is 5.69 Å². The van der Waals surface area contributed by atoms with Crippen molar-refractivity contribution in [3.8, 4) is 11.5 Å². The molecule has 0 saturated carbocycles. The number of hydrogen-bond acceptors (Lipinski definition) is 6. The molecule has 0 amide bonds. The van der Waals surface area contributed by atoms with Gasteiger partial charge in [0.2, 0.25) is 0 Å². The highest BCUT2D eigenvalue weighted by Gasteiger charge is 2.21. The van der Waals surface area contributed by atoms with Crippen LogP contribution in [-0.2, 0) is 10.0 Å². The third-order valence-corrected chi connectivity index (χ3v) is 7.09. The van der Waals surface area contributed by atoms with Crippen LogP contribution in [0.25, 0.3) is 10.9 Å². The molecule has 2 aromatic heterocycles. The Hall–Kier alpha value is -3.07. The van der Waals surface area contributed by atoms with E-state index in [-0.39, 0.29) is 17.3 Å². The molecule has 9 heteroatoms. The summed E-state index contributed by atoms with van der Waals surface area (Å²) < 4.78 is 33.8. The van der Waals surface area contributed by atoms with E-state index in [4.69, 9.17) is 4.74 Å². The topological polar surface area (TPSA) is 76.5 Å². The maximum atomic E-state index is 13.4. The first-order valence-electron chi connectivity index (χ1n) is 10.1. The summed E-state index contributed by atoms with van der Waals surface area (Å²) in [4.78, 5) is 6.51. The molecule has 32 heavy (non-hydrogen) atoms. The summed E-state index contributed by atoms with van der Waals surface area (Å²) in [5.74, 6) is 1.14. The number of nitrogens with zero attached hydrogens (tertiary/aromatic N) is 3. The van der Waals surface area contributed by atoms with E-state index in [0.717, 1.165) is 37.3 Å². The lowest BCUT2D eigenvalue weighted by molar-refractivity contribution is 0.480. The van der Waals surface area contributed by atoms with E-state index >= 15 is 0 Å². The minimum atomic E-state index is -3.74. The lowest BCUT2D eigenvalue weighted by Gasteiger charge is -2.30. The number of ether oxygens (including phenoxy) is 1. The number of anilines is 1. The van der Waals surface area contributed by atoms with Gasteiger partial charge >= 0.3 is 0 Å². The normalized spacial score (nSPS) is 14.2. The fraction of sp³-hybridized carbons (Fsp3) is 0.174. The molecule has 2 aromatic carbocycles. The van der Waals surface area contributed by atoms with E-state index in [1.807, 2.05) is 18.2 Å². The molecule has 1 N–H and O–H groups in total. The predicted molar refractivity (Wildman–Crippen MR) is 128 cm³/mol. The number of piperazine rings is 1. The van der Waals surface area contributed by atoms with Crippen LogP contribution in [0.15, 0.2) is 84.1 Å². The Kier molecular flexibility index (Phi) is 6.36. The molecule has 1 aliphatic rings. The van der Waals surface area contributed by atoms with Crippen molar-refractivity contribution in [2.75, 3.05) is 31.1 Å². The summed E-state index contributed by atoms with van der Waals surface area (Å²) in [6.07, 6.45) is 4.90. The van der Waals surface area contributed by atoms with Gasteiger partial charge in [0.25, 0.3) is 10.0 Å². The lowest BCUT2D eigenvalue weighted by atomic mass is 10.2. The summed E-state index contributed by atoms with van der Waals surface area (Å²) >= 11 is 0. The third-order valence-electron chi connectivity index (χ3n) is 5.38. The van der Waals surface area contributed by atoms with Crippen molar-refractivity contribution in [2.45, 2.75) is 4.90 Å². The van der Waals surface area contributed by atoms with Crippen molar-refractivity contribution in [2.24, 2.45) is 0 Å². The first-order valence-corrected chi connectivity index (χ1v) is 11.6. The number of rotatable bonds is 5. The van der Waals surface area contributed by atoms with Crippen LogP contribution in [0.3, 0.4) is 0 Å². The average Bonchev–Trinajstić information content (AvgIpc) is 3.26. The molecule has 0 bridgehead atoms. The highest BCUT2D eigenvalue weighted by molar-refractivity contribution is 7.90. The molecule has 7 nitrogen and oxygen atoms in total. The molecule has 5 rings (SSSR count). The number of aromatic nitrogens is 2. The van der Waals surface area contributed by atoms with E-state index in [1.165, 1.54) is 3.97 Å². The first kappa shape index (κ1) is 22.1. The fourth-order valence-corrected chi connectivity index (χ4v) is 5.20. The molecule has 0 unspecified atom stereocenters. The third kappa shape index (κ3) is 4.17. The monoisotopic (exact) mass is 470 g/mol. The molecule has 0 spiro atoms. The first-order chi connectivity index (χ1) is 15.1. The quantitative estimate of drug-likeness (QED) is 0.476. The van der Waals surface area contributed by atoms with Gasteiger partial charge in [-0.2, -0.15) is 0 Å². The molecule has 1 fully saturated rings. The predicted octanol–water partition coefficient (Wildman–Crippen LogP) is 3.90. The summed E-state index contributed by atoms with van der Waals surface area (Å²) in [5, 5.41) is 4.28. The molecule has 1 saturated heterocycles. The molecule has 166 valence electrons. The van der Waals surface area contributed by atoms with Crippen LogP contribution in [-0.4, -0.2) is 43.6 Å². The van der Waals surface area contributed by atoms with Crippen LogP contribution in [0.2, 0.25) is 0 Å². The van der Waals surface area contributed by atoms with Crippen LogP contribution >= 0.6 is 12.4 Å². The van der Waals surface area contributed by atoms with Crippen molar-refractivity contribution < 1.29 is 13.2 Å². The van der Waals surface area contributed by atoms with E-state index in [0.29, 0.717) is 17.0 Å². The molecule has 3 heterocycles. The van der Waals surface area contributed by atoms with Gasteiger partial charge in [-0.05, 0) is 54.6 Å². The molecular weight excluding hydrogens is 448 g/mol. The van der Waals surface area contributed by atoms with Crippen molar-refractivity contribution in [1.29, 1.82) is 0 Å². The van der Waals surface area contributed by atoms with E-state index in [1.54, 1.807) is 55.0 Å². The van der Waals surface area contributed by atoms with Gasteiger partial charge in [-0.25, -0.2) is 12.4 Å². The smallest absolute Gasteiger partial charge is 0.268 e. The molecular formula is C23H23ClN4O3S. The average molecular weight is 471 g/mol. The zero-order valence-electron chi connectivity index (χ0n) is 17.2. The summed E-state index contributed by atoms with van der Waals surface area (Å²) in [7, 11) is -3.74. The van der Waals surface area contributed by atoms with Gasteiger partial charge in [-0.3, -0.25) is 4.98 Å². The van der Waals surface area contributed by atoms with Gasteiger partial charge in [-0.1, -0.05) is 6.07 Å². The number of benzene rings is 2. The Balaban J connectivity index is 0.00000245. The number of pyridine rings is 1. The summed E-state index contributed by atoms with van der Waals surface area (Å²) in [5.41, 5.74) is 1.74. The number of nitrogens with one attached hydrogen (secondary N) is 1. The van der Waals surface area contributed by atoms with Gasteiger partial charge in [-0.15, -0.1) is 12.4 Å². The number of hydrogen-bond donors (Lipinski definition) is 1. The second-order valence-electron chi connectivity index (χ2n) is 7.33. The minimum Gasteiger partial charge on any atom is -0.456 e. The van der Waals surface area contributed by atoms with Crippen LogP contribution in [0.1, 0.15) is 0 Å². The SMILES string of the molecule is Cl.O=S(=O)(c1ccc(Oc2cccnc2)cc1)n1ccc2c(N3CCNCC3)cccc21. The minimum absolute atomic E-state index is 0. The molecule has 0 atom stereocenters. The zero-order valence-corrected chi connectivity index (χ0v) is 18.8. The van der Waals surface area contributed by atoms with Crippen LogP contribution in [0.5, 0.6) is 11.5 Å². The largest absolute Gasteiger partial charge is 0.456 e. The summed E-state index contributed by atoms with van der Waals surface area (Å²) in [6, 6.07) is 17.7. The number of fused-ring (bicyclic) bond motifs is 1. The van der Waals surface area contributed by atoms with Gasteiger partial charge in [0.1, 0.15) is 11.5 Å². The second-order valence-corrected chi connectivity index (χ2v) is 9.14. The molecule has 4 aromatic rings. The molecule has 0 aliphatic carbocycles. The molecule has 1 aliphatic heterocycles. The molecule has 0 radical (unpaired) electrons. The van der Waals surface area contributed by atoms with Crippen molar-refractivity contribution in [3.05, 3.63) is 79.3 Å². The highest BCUT2D eigenvalue weighted by Crippen LogP contribution is 2.31. The van der Waals surface area contributed by atoms with E-state index in [2.05, 4.69) is 21.3 Å². The fourth-order valence-electron chi connectivity index (χ4n) is 3.85. The maximum absolute atomic E-state index is 13.4. The number of halogens is 1. The Bertz CT molecular complexity index is 1300. The summed E-state index contributed by atoms with van der Waals surface area (Å²) in [6.45, 7) is 3.64. The van der Waals surface area contributed by atoms with Crippen molar-refractivity contribution in [1.82, 2.24) is 14.3 Å². The zero-order chi connectivity index (χ0) is 21.3. The Morgan fingerprint density at radius 1 is 0.906 bits per heavy atom. The second kappa shape index (κ2) is 9.20. The maximum Gasteiger partial charge on any atom is 0.268 e. The van der Waals surface area contributed by atoms with Crippen LogP contribution < -0.4 is 15.0 Å². The van der Waals surface area contributed by atoms with Crippen molar-refractivity contribution in [3.63, 3.8) is 0 Å². The van der Waals surface area contributed by atoms with E-state index < -0.39 is 10.0 Å².